The first kappa shape index (κ1) is 14.9. The van der Waals surface area contributed by atoms with Gasteiger partial charge in [-0.15, -0.1) is 13.2 Å². The van der Waals surface area contributed by atoms with Crippen LogP contribution in [0, 0.1) is 0 Å². The Labute approximate surface area is 106 Å². The molecule has 1 aliphatic carbocycles. The molecule has 1 aromatic rings. The van der Waals surface area contributed by atoms with Gasteiger partial charge in [0.05, 0.1) is 0 Å². The summed E-state index contributed by atoms with van der Waals surface area (Å²) in [6.45, 7) is 6.01. The quantitative estimate of drug-likeness (QED) is 0.738. The predicted octanol–water partition coefficient (Wildman–Crippen LogP) is 5.05. The van der Waals surface area contributed by atoms with Crippen molar-refractivity contribution in [3.05, 3.63) is 29.3 Å². The Morgan fingerprint density at radius 2 is 1.83 bits per heavy atom. The average molecular weight is 260 g/mol. The highest BCUT2D eigenvalue weighted by Crippen LogP contribution is 2.43. The smallest absolute Gasteiger partial charge is 0.406 e. The van der Waals surface area contributed by atoms with Crippen molar-refractivity contribution in [1.82, 2.24) is 0 Å². The van der Waals surface area contributed by atoms with E-state index < -0.39 is 6.36 Å². The van der Waals surface area contributed by atoms with E-state index in [1.807, 2.05) is 20.8 Å². The van der Waals surface area contributed by atoms with Crippen molar-refractivity contribution in [2.45, 2.75) is 52.3 Å². The number of halogens is 3. The zero-order valence-electron chi connectivity index (χ0n) is 11.0. The molecule has 2 rings (SSSR count). The number of benzene rings is 1. The maximum absolute atomic E-state index is 12.0. The number of hydrogen-bond donors (Lipinski definition) is 0. The highest BCUT2D eigenvalue weighted by Gasteiger charge is 2.32. The Morgan fingerprint density at radius 3 is 2.28 bits per heavy atom. The molecule has 0 spiro atoms. The van der Waals surface area contributed by atoms with E-state index in [2.05, 4.69) is 4.74 Å². The van der Waals surface area contributed by atoms with Gasteiger partial charge in [-0.3, -0.25) is 0 Å². The molecule has 0 saturated heterocycles. The molecule has 1 saturated carbocycles. The Kier molecular flexibility index (Phi) is 5.05. The van der Waals surface area contributed by atoms with E-state index in [-0.39, 0.29) is 5.75 Å². The summed E-state index contributed by atoms with van der Waals surface area (Å²) in [6.07, 6.45) is -1.61. The molecule has 1 aromatic carbocycles. The lowest BCUT2D eigenvalue weighted by atomic mass is 10.0. The molecule has 0 heterocycles. The molecule has 4 heteroatoms. The van der Waals surface area contributed by atoms with Crippen LogP contribution < -0.4 is 4.74 Å². The first-order valence-electron chi connectivity index (χ1n) is 6.38. The summed E-state index contributed by atoms with van der Waals surface area (Å²) in [5.74, 6) is 0.332. The van der Waals surface area contributed by atoms with Crippen LogP contribution in [-0.2, 0) is 6.42 Å². The third-order valence-electron chi connectivity index (χ3n) is 2.75. The Morgan fingerprint density at radius 1 is 1.22 bits per heavy atom. The summed E-state index contributed by atoms with van der Waals surface area (Å²) < 4.78 is 40.1. The van der Waals surface area contributed by atoms with Crippen molar-refractivity contribution >= 4 is 0 Å². The number of rotatable bonds is 3. The van der Waals surface area contributed by atoms with Gasteiger partial charge in [0.15, 0.2) is 0 Å². The molecule has 0 aromatic heterocycles. The molecule has 0 N–H and O–H groups in total. The fourth-order valence-electron chi connectivity index (χ4n) is 1.87. The van der Waals surface area contributed by atoms with Crippen molar-refractivity contribution in [3.63, 3.8) is 0 Å². The van der Waals surface area contributed by atoms with Gasteiger partial charge in [-0.25, -0.2) is 0 Å². The monoisotopic (exact) mass is 260 g/mol. The lowest BCUT2D eigenvalue weighted by Gasteiger charge is -2.12. The van der Waals surface area contributed by atoms with Crippen LogP contribution >= 0.6 is 0 Å². The zero-order valence-corrected chi connectivity index (χ0v) is 11.0. The lowest BCUT2D eigenvalue weighted by Crippen LogP contribution is -2.17. The van der Waals surface area contributed by atoms with Crippen molar-refractivity contribution in [2.75, 3.05) is 0 Å². The second-order valence-electron chi connectivity index (χ2n) is 4.04. The summed E-state index contributed by atoms with van der Waals surface area (Å²) >= 11 is 0. The first-order chi connectivity index (χ1) is 8.49. The molecular formula is C14H19F3O. The number of ether oxygens (including phenoxy) is 1. The molecule has 102 valence electrons. The highest BCUT2D eigenvalue weighted by atomic mass is 19.4. The topological polar surface area (TPSA) is 9.23 Å². The minimum atomic E-state index is -4.60. The standard InChI is InChI=1S/C12H13F3O.C2H6/c1-2-8-5-6-10(16-12(13,14)15)7-11(8)9-3-4-9;1-2/h5-7,9H,2-4H2,1H3;1-2H3. The van der Waals surface area contributed by atoms with Crippen LogP contribution in [0.5, 0.6) is 5.75 Å². The van der Waals surface area contributed by atoms with E-state index in [0.717, 1.165) is 30.4 Å². The summed E-state index contributed by atoms with van der Waals surface area (Å²) in [4.78, 5) is 0. The van der Waals surface area contributed by atoms with Crippen LogP contribution in [0.4, 0.5) is 13.2 Å². The molecule has 0 radical (unpaired) electrons. The van der Waals surface area contributed by atoms with Gasteiger partial charge in [-0.05, 0) is 48.4 Å². The normalized spacial score (nSPS) is 14.8. The Balaban J connectivity index is 0.000000771. The number of hydrogen-bond acceptors (Lipinski definition) is 1. The third-order valence-corrected chi connectivity index (χ3v) is 2.75. The van der Waals surface area contributed by atoms with E-state index in [0.29, 0.717) is 5.92 Å². The van der Waals surface area contributed by atoms with Crippen LogP contribution in [0.2, 0.25) is 0 Å². The van der Waals surface area contributed by atoms with E-state index in [1.54, 1.807) is 6.07 Å². The molecule has 1 aliphatic rings. The summed E-state index contributed by atoms with van der Waals surface area (Å²) in [5, 5.41) is 0. The van der Waals surface area contributed by atoms with Crippen LogP contribution in [-0.4, -0.2) is 6.36 Å². The van der Waals surface area contributed by atoms with E-state index in [4.69, 9.17) is 0 Å². The number of aryl methyl sites for hydroxylation is 1. The van der Waals surface area contributed by atoms with Gasteiger partial charge >= 0.3 is 6.36 Å². The van der Waals surface area contributed by atoms with E-state index >= 15 is 0 Å². The minimum absolute atomic E-state index is 0.105. The molecule has 0 bridgehead atoms. The number of alkyl halides is 3. The summed E-state index contributed by atoms with van der Waals surface area (Å²) in [6, 6.07) is 4.65. The second kappa shape index (κ2) is 6.12. The molecule has 0 unspecified atom stereocenters. The fraction of sp³-hybridized carbons (Fsp3) is 0.571. The molecule has 1 fully saturated rings. The SMILES string of the molecule is CC.CCc1ccc(OC(F)(F)F)cc1C1CC1. The van der Waals surface area contributed by atoms with E-state index in [1.165, 1.54) is 12.1 Å². The van der Waals surface area contributed by atoms with Crippen molar-refractivity contribution in [2.24, 2.45) is 0 Å². The van der Waals surface area contributed by atoms with Crippen LogP contribution in [0.1, 0.15) is 50.7 Å². The van der Waals surface area contributed by atoms with Gasteiger partial charge in [0, 0.05) is 0 Å². The van der Waals surface area contributed by atoms with Gasteiger partial charge in [-0.2, -0.15) is 0 Å². The lowest BCUT2D eigenvalue weighted by molar-refractivity contribution is -0.274. The molecule has 0 atom stereocenters. The van der Waals surface area contributed by atoms with Crippen LogP contribution in [0.15, 0.2) is 18.2 Å². The second-order valence-corrected chi connectivity index (χ2v) is 4.04. The van der Waals surface area contributed by atoms with Crippen molar-refractivity contribution < 1.29 is 17.9 Å². The Hall–Kier alpha value is -1.19. The van der Waals surface area contributed by atoms with Crippen LogP contribution in [0.3, 0.4) is 0 Å². The minimum Gasteiger partial charge on any atom is -0.406 e. The molecule has 0 amide bonds. The van der Waals surface area contributed by atoms with Crippen LogP contribution in [0.25, 0.3) is 0 Å². The third kappa shape index (κ3) is 4.24. The summed E-state index contributed by atoms with van der Waals surface area (Å²) in [7, 11) is 0. The molecule has 0 aliphatic heterocycles. The predicted molar refractivity (Wildman–Crippen MR) is 65.8 cm³/mol. The summed E-state index contributed by atoms with van der Waals surface area (Å²) in [5.41, 5.74) is 2.14. The molecule has 1 nitrogen and oxygen atoms in total. The molecular weight excluding hydrogens is 241 g/mol. The van der Waals surface area contributed by atoms with Gasteiger partial charge in [0.1, 0.15) is 5.75 Å². The first-order valence-corrected chi connectivity index (χ1v) is 6.38. The maximum Gasteiger partial charge on any atom is 0.573 e. The molecule has 18 heavy (non-hydrogen) atoms. The van der Waals surface area contributed by atoms with Crippen molar-refractivity contribution in [1.29, 1.82) is 0 Å². The van der Waals surface area contributed by atoms with Gasteiger partial charge in [0.25, 0.3) is 0 Å². The maximum atomic E-state index is 12.0. The van der Waals surface area contributed by atoms with Gasteiger partial charge in [-0.1, -0.05) is 26.8 Å². The largest absolute Gasteiger partial charge is 0.573 e. The van der Waals surface area contributed by atoms with Crippen molar-refractivity contribution in [3.8, 4) is 5.75 Å². The van der Waals surface area contributed by atoms with Gasteiger partial charge in [0.2, 0.25) is 0 Å². The van der Waals surface area contributed by atoms with Gasteiger partial charge < -0.3 is 4.74 Å². The highest BCUT2D eigenvalue weighted by molar-refractivity contribution is 5.40. The van der Waals surface area contributed by atoms with E-state index in [9.17, 15) is 13.2 Å². The fourth-order valence-corrected chi connectivity index (χ4v) is 1.87. The zero-order chi connectivity index (χ0) is 13.8. The Bertz CT molecular complexity index is 381. The average Bonchev–Trinajstić information content (AvgIpc) is 3.13.